The molecule has 1 aliphatic carbocycles. The maximum atomic E-state index is 6.27. The Hall–Kier alpha value is -2.52. The van der Waals surface area contributed by atoms with Crippen molar-refractivity contribution in [3.8, 4) is 5.75 Å². The zero-order valence-corrected chi connectivity index (χ0v) is 17.1. The Morgan fingerprint density at radius 3 is 2.57 bits per heavy atom. The van der Waals surface area contributed by atoms with E-state index in [9.17, 15) is 0 Å². The molecule has 0 saturated carbocycles. The molecule has 0 spiro atoms. The minimum atomic E-state index is 0.221. The second-order valence-electron chi connectivity index (χ2n) is 7.49. The summed E-state index contributed by atoms with van der Waals surface area (Å²) in [6.45, 7) is 0.581. The molecule has 28 heavy (non-hydrogen) atoms. The van der Waals surface area contributed by atoms with Crippen LogP contribution in [0.5, 0.6) is 5.75 Å². The molecule has 0 aromatic heterocycles. The van der Waals surface area contributed by atoms with Crippen LogP contribution in [0.15, 0.2) is 89.4 Å². The molecule has 1 N–H and O–H groups in total. The van der Waals surface area contributed by atoms with Gasteiger partial charge in [-0.25, -0.2) is 0 Å². The number of halogens is 1. The van der Waals surface area contributed by atoms with E-state index in [1.807, 2.05) is 6.07 Å². The van der Waals surface area contributed by atoms with Crippen LogP contribution in [0, 0.1) is 5.92 Å². The van der Waals surface area contributed by atoms with Crippen molar-refractivity contribution in [2.75, 3.05) is 5.32 Å². The standard InChI is InChI=1S/C25H22BrNO/c26-22-14-7-13-20-18-11-6-12-19(18)24(27-25(20)22)21-10-4-5-15-23(21)28-16-17-8-2-1-3-9-17/h1-11,13-15,18-19,24,27H,12,16H2. The predicted octanol–water partition coefficient (Wildman–Crippen LogP) is 6.85. The Kier molecular flexibility index (Phi) is 4.69. The van der Waals surface area contributed by atoms with E-state index in [2.05, 4.69) is 100 Å². The molecule has 0 saturated heterocycles. The summed E-state index contributed by atoms with van der Waals surface area (Å²) in [5, 5.41) is 3.82. The number of benzene rings is 3. The molecule has 2 nitrogen and oxygen atoms in total. The predicted molar refractivity (Wildman–Crippen MR) is 118 cm³/mol. The van der Waals surface area contributed by atoms with Crippen LogP contribution < -0.4 is 10.1 Å². The number of rotatable bonds is 4. The Labute approximate surface area is 174 Å². The van der Waals surface area contributed by atoms with Crippen molar-refractivity contribution in [1.29, 1.82) is 0 Å². The molecule has 1 heterocycles. The van der Waals surface area contributed by atoms with E-state index in [1.54, 1.807) is 0 Å². The molecular weight excluding hydrogens is 410 g/mol. The Bertz CT molecular complexity index is 1010. The largest absolute Gasteiger partial charge is 0.489 e. The fraction of sp³-hybridized carbons (Fsp3) is 0.200. The smallest absolute Gasteiger partial charge is 0.125 e. The van der Waals surface area contributed by atoms with Crippen molar-refractivity contribution in [3.05, 3.63) is 106 Å². The Morgan fingerprint density at radius 2 is 1.68 bits per heavy atom. The van der Waals surface area contributed by atoms with E-state index in [0.29, 0.717) is 18.4 Å². The molecule has 3 heteroatoms. The van der Waals surface area contributed by atoms with Gasteiger partial charge in [0.15, 0.2) is 0 Å². The van der Waals surface area contributed by atoms with Crippen molar-refractivity contribution in [1.82, 2.24) is 0 Å². The highest BCUT2D eigenvalue weighted by atomic mass is 79.9. The first kappa shape index (κ1) is 17.6. The van der Waals surface area contributed by atoms with E-state index in [4.69, 9.17) is 4.74 Å². The summed E-state index contributed by atoms with van der Waals surface area (Å²) in [5.41, 5.74) is 5.01. The summed E-state index contributed by atoms with van der Waals surface area (Å²) in [5.74, 6) is 1.91. The number of hydrogen-bond acceptors (Lipinski definition) is 2. The third kappa shape index (κ3) is 3.14. The van der Waals surface area contributed by atoms with Gasteiger partial charge in [0, 0.05) is 16.0 Å². The highest BCUT2D eigenvalue weighted by Crippen LogP contribution is 2.52. The van der Waals surface area contributed by atoms with Gasteiger partial charge in [-0.2, -0.15) is 0 Å². The first-order chi connectivity index (χ1) is 13.8. The second-order valence-corrected chi connectivity index (χ2v) is 8.35. The van der Waals surface area contributed by atoms with Crippen LogP contribution in [0.25, 0.3) is 0 Å². The number of hydrogen-bond donors (Lipinski definition) is 1. The molecule has 2 aliphatic rings. The highest BCUT2D eigenvalue weighted by Gasteiger charge is 2.39. The van der Waals surface area contributed by atoms with Gasteiger partial charge < -0.3 is 10.1 Å². The maximum absolute atomic E-state index is 6.27. The van der Waals surface area contributed by atoms with Gasteiger partial charge in [0.1, 0.15) is 12.4 Å². The molecule has 0 amide bonds. The quantitative estimate of drug-likeness (QED) is 0.455. The zero-order chi connectivity index (χ0) is 18.9. The monoisotopic (exact) mass is 431 g/mol. The van der Waals surface area contributed by atoms with Crippen LogP contribution in [0.1, 0.15) is 35.1 Å². The number of ether oxygens (including phenoxy) is 1. The Morgan fingerprint density at radius 1 is 0.893 bits per heavy atom. The van der Waals surface area contributed by atoms with Gasteiger partial charge in [-0.3, -0.25) is 0 Å². The molecule has 5 rings (SSSR count). The van der Waals surface area contributed by atoms with Gasteiger partial charge in [0.2, 0.25) is 0 Å². The molecule has 3 aromatic rings. The first-order valence-electron chi connectivity index (χ1n) is 9.78. The van der Waals surface area contributed by atoms with Gasteiger partial charge in [0.05, 0.1) is 11.7 Å². The van der Waals surface area contributed by atoms with Gasteiger partial charge in [-0.05, 0) is 51.5 Å². The van der Waals surface area contributed by atoms with Crippen molar-refractivity contribution >= 4 is 21.6 Å². The molecule has 0 bridgehead atoms. The van der Waals surface area contributed by atoms with Crippen LogP contribution in [0.2, 0.25) is 0 Å². The summed E-state index contributed by atoms with van der Waals surface area (Å²) in [7, 11) is 0. The molecule has 140 valence electrons. The topological polar surface area (TPSA) is 21.3 Å². The van der Waals surface area contributed by atoms with Gasteiger partial charge >= 0.3 is 0 Å². The van der Waals surface area contributed by atoms with Crippen molar-refractivity contribution in [3.63, 3.8) is 0 Å². The first-order valence-corrected chi connectivity index (χ1v) is 10.6. The maximum Gasteiger partial charge on any atom is 0.125 e. The summed E-state index contributed by atoms with van der Waals surface area (Å²) in [6, 6.07) is 25.5. The van der Waals surface area contributed by atoms with Crippen LogP contribution >= 0.6 is 15.9 Å². The van der Waals surface area contributed by atoms with E-state index < -0.39 is 0 Å². The van der Waals surface area contributed by atoms with Gasteiger partial charge in [-0.15, -0.1) is 0 Å². The minimum absolute atomic E-state index is 0.221. The van der Waals surface area contributed by atoms with Crippen molar-refractivity contribution in [2.24, 2.45) is 5.92 Å². The molecule has 3 unspecified atom stereocenters. The molecule has 0 fully saturated rings. The second kappa shape index (κ2) is 7.48. The summed E-state index contributed by atoms with van der Waals surface area (Å²) in [4.78, 5) is 0. The minimum Gasteiger partial charge on any atom is -0.489 e. The number of fused-ring (bicyclic) bond motifs is 3. The van der Waals surface area contributed by atoms with Crippen molar-refractivity contribution < 1.29 is 4.74 Å². The average Bonchev–Trinajstić information content (AvgIpc) is 3.23. The fourth-order valence-electron chi connectivity index (χ4n) is 4.50. The molecule has 1 aliphatic heterocycles. The average molecular weight is 432 g/mol. The van der Waals surface area contributed by atoms with E-state index >= 15 is 0 Å². The molecule has 3 atom stereocenters. The van der Waals surface area contributed by atoms with Crippen molar-refractivity contribution in [2.45, 2.75) is 25.0 Å². The molecule has 3 aromatic carbocycles. The fourth-order valence-corrected chi connectivity index (χ4v) is 4.99. The van der Waals surface area contributed by atoms with E-state index in [1.165, 1.54) is 22.4 Å². The van der Waals surface area contributed by atoms with Gasteiger partial charge in [0.25, 0.3) is 0 Å². The van der Waals surface area contributed by atoms with Crippen LogP contribution in [0.3, 0.4) is 0 Å². The Balaban J connectivity index is 1.49. The lowest BCUT2D eigenvalue weighted by molar-refractivity contribution is 0.296. The van der Waals surface area contributed by atoms with Crippen LogP contribution in [-0.2, 0) is 6.61 Å². The molecule has 0 radical (unpaired) electrons. The number of nitrogens with one attached hydrogen (secondary N) is 1. The van der Waals surface area contributed by atoms with E-state index in [-0.39, 0.29) is 6.04 Å². The van der Waals surface area contributed by atoms with E-state index in [0.717, 1.165) is 16.6 Å². The summed E-state index contributed by atoms with van der Waals surface area (Å²) < 4.78 is 7.39. The third-order valence-electron chi connectivity index (χ3n) is 5.84. The molecular formula is C25H22BrNO. The normalized spacial score (nSPS) is 22.2. The summed E-state index contributed by atoms with van der Waals surface area (Å²) in [6.07, 6.45) is 5.78. The highest BCUT2D eigenvalue weighted by molar-refractivity contribution is 9.10. The lowest BCUT2D eigenvalue weighted by atomic mass is 9.77. The third-order valence-corrected chi connectivity index (χ3v) is 6.50. The lowest BCUT2D eigenvalue weighted by Crippen LogP contribution is -2.29. The lowest BCUT2D eigenvalue weighted by Gasteiger charge is -2.38. The number of para-hydroxylation sites is 2. The summed E-state index contributed by atoms with van der Waals surface area (Å²) >= 11 is 3.74. The SMILES string of the molecule is Brc1cccc2c1NC(c1ccccc1OCc1ccccc1)C1CC=CC21. The van der Waals surface area contributed by atoms with Crippen LogP contribution in [0.4, 0.5) is 5.69 Å². The van der Waals surface area contributed by atoms with Gasteiger partial charge in [-0.1, -0.05) is 72.8 Å². The van der Waals surface area contributed by atoms with Crippen LogP contribution in [-0.4, -0.2) is 0 Å². The zero-order valence-electron chi connectivity index (χ0n) is 15.5. The number of allylic oxidation sites excluding steroid dienone is 2. The number of anilines is 1.